The van der Waals surface area contributed by atoms with Gasteiger partial charge in [-0.2, -0.15) is 5.26 Å². The molecule has 0 aliphatic carbocycles. The van der Waals surface area contributed by atoms with Gasteiger partial charge < -0.3 is 14.8 Å². The molecule has 1 heterocycles. The number of nitro benzene ring substituents is 1. The molecular weight excluding hydrogens is 350 g/mol. The van der Waals surface area contributed by atoms with E-state index in [-0.39, 0.29) is 29.4 Å². The van der Waals surface area contributed by atoms with Gasteiger partial charge in [0.25, 0.3) is 11.6 Å². The molecule has 1 aliphatic heterocycles. The first-order chi connectivity index (χ1) is 12.9. The average Bonchev–Trinajstić information content (AvgIpc) is 3.04. The lowest BCUT2D eigenvalue weighted by atomic mass is 10.1. The molecule has 0 unspecified atom stereocenters. The van der Waals surface area contributed by atoms with E-state index in [1.807, 2.05) is 19.9 Å². The largest absolute Gasteiger partial charge is 0.454 e. The number of amides is 1. The number of nitriles is 1. The van der Waals surface area contributed by atoms with Crippen LogP contribution in [0.1, 0.15) is 16.7 Å². The number of carbonyl (C=O) groups excluding carboxylic acids is 1. The van der Waals surface area contributed by atoms with Crippen LogP contribution in [0.5, 0.6) is 11.5 Å². The number of fused-ring (bicyclic) bond motifs is 1. The van der Waals surface area contributed by atoms with Gasteiger partial charge in [0.15, 0.2) is 11.5 Å². The minimum Gasteiger partial charge on any atom is -0.454 e. The van der Waals surface area contributed by atoms with Gasteiger partial charge in [-0.05, 0) is 49.2 Å². The fourth-order valence-corrected chi connectivity index (χ4v) is 2.77. The number of nitro groups is 1. The molecule has 0 aromatic heterocycles. The Kier molecular flexibility index (Phi) is 4.77. The number of benzene rings is 2. The first-order valence-corrected chi connectivity index (χ1v) is 7.97. The van der Waals surface area contributed by atoms with Crippen molar-refractivity contribution >= 4 is 23.4 Å². The molecule has 0 saturated carbocycles. The standard InChI is InChI=1S/C19H15N3O5/c1-11-3-12(2)5-15(4-11)21-19(23)14(9-20)6-13-7-17-18(27-10-26-17)8-16(13)22(24)25/h3-8H,10H2,1-2H3,(H,21,23)/b14-6-. The predicted molar refractivity (Wildman–Crippen MR) is 97.4 cm³/mol. The zero-order chi connectivity index (χ0) is 19.6. The van der Waals surface area contributed by atoms with Crippen LogP contribution in [-0.4, -0.2) is 17.6 Å². The lowest BCUT2D eigenvalue weighted by Crippen LogP contribution is -2.13. The Labute approximate surface area is 154 Å². The van der Waals surface area contributed by atoms with Gasteiger partial charge in [-0.1, -0.05) is 6.07 Å². The number of nitrogens with one attached hydrogen (secondary N) is 1. The molecule has 0 saturated heterocycles. The summed E-state index contributed by atoms with van der Waals surface area (Å²) < 4.78 is 10.3. The van der Waals surface area contributed by atoms with Crippen LogP contribution >= 0.6 is 0 Å². The number of hydrogen-bond acceptors (Lipinski definition) is 6. The lowest BCUT2D eigenvalue weighted by molar-refractivity contribution is -0.385. The Balaban J connectivity index is 1.95. The molecule has 0 fully saturated rings. The third-order valence-electron chi connectivity index (χ3n) is 3.86. The van der Waals surface area contributed by atoms with Gasteiger partial charge in [0.2, 0.25) is 6.79 Å². The second-order valence-electron chi connectivity index (χ2n) is 6.02. The molecule has 1 N–H and O–H groups in total. The van der Waals surface area contributed by atoms with Crippen molar-refractivity contribution in [2.75, 3.05) is 12.1 Å². The Hall–Kier alpha value is -3.86. The summed E-state index contributed by atoms with van der Waals surface area (Å²) in [4.78, 5) is 23.2. The normalized spacial score (nSPS) is 12.4. The Morgan fingerprint density at radius 2 is 1.81 bits per heavy atom. The quantitative estimate of drug-likeness (QED) is 0.384. The molecule has 27 heavy (non-hydrogen) atoms. The highest BCUT2D eigenvalue weighted by Crippen LogP contribution is 2.38. The first kappa shape index (κ1) is 17.9. The van der Waals surface area contributed by atoms with Gasteiger partial charge in [0.1, 0.15) is 11.6 Å². The van der Waals surface area contributed by atoms with Crippen LogP contribution in [0.3, 0.4) is 0 Å². The third-order valence-corrected chi connectivity index (χ3v) is 3.86. The van der Waals surface area contributed by atoms with E-state index in [2.05, 4.69) is 5.32 Å². The summed E-state index contributed by atoms with van der Waals surface area (Å²) in [6, 6.07) is 9.86. The van der Waals surface area contributed by atoms with Crippen molar-refractivity contribution in [1.82, 2.24) is 0 Å². The second-order valence-corrected chi connectivity index (χ2v) is 6.02. The summed E-state index contributed by atoms with van der Waals surface area (Å²) in [6.45, 7) is 3.73. The van der Waals surface area contributed by atoms with E-state index in [4.69, 9.17) is 9.47 Å². The maximum atomic E-state index is 12.5. The number of rotatable bonds is 4. The van der Waals surface area contributed by atoms with Crippen molar-refractivity contribution in [2.45, 2.75) is 13.8 Å². The highest BCUT2D eigenvalue weighted by molar-refractivity contribution is 6.10. The van der Waals surface area contributed by atoms with Crippen LogP contribution in [-0.2, 0) is 4.79 Å². The Morgan fingerprint density at radius 1 is 1.19 bits per heavy atom. The van der Waals surface area contributed by atoms with Crippen molar-refractivity contribution in [3.05, 3.63) is 62.7 Å². The topological polar surface area (TPSA) is 114 Å². The molecule has 1 aliphatic rings. The molecule has 0 spiro atoms. The summed E-state index contributed by atoms with van der Waals surface area (Å²) in [5.74, 6) is -0.0923. The number of nitrogens with zero attached hydrogens (tertiary/aromatic N) is 2. The smallest absolute Gasteiger partial charge is 0.280 e. The molecule has 8 heteroatoms. The molecule has 3 rings (SSSR count). The van der Waals surface area contributed by atoms with Crippen molar-refractivity contribution in [3.8, 4) is 17.6 Å². The van der Waals surface area contributed by atoms with Gasteiger partial charge in [-0.3, -0.25) is 14.9 Å². The maximum Gasteiger partial charge on any atom is 0.280 e. The SMILES string of the molecule is Cc1cc(C)cc(NC(=O)/C(C#N)=C\c2cc3c(cc2[N+](=O)[O-])OCO3)c1. The molecule has 0 atom stereocenters. The van der Waals surface area contributed by atoms with Crippen LogP contribution in [0.15, 0.2) is 35.9 Å². The summed E-state index contributed by atoms with van der Waals surface area (Å²) in [5.41, 5.74) is 1.98. The molecule has 0 radical (unpaired) electrons. The summed E-state index contributed by atoms with van der Waals surface area (Å²) in [7, 11) is 0. The number of aryl methyl sites for hydroxylation is 2. The maximum absolute atomic E-state index is 12.5. The van der Waals surface area contributed by atoms with E-state index in [9.17, 15) is 20.2 Å². The minimum absolute atomic E-state index is 0.0437. The highest BCUT2D eigenvalue weighted by Gasteiger charge is 2.23. The van der Waals surface area contributed by atoms with Crippen LogP contribution in [0.25, 0.3) is 6.08 Å². The van der Waals surface area contributed by atoms with Crippen molar-refractivity contribution < 1.29 is 19.2 Å². The zero-order valence-corrected chi connectivity index (χ0v) is 14.6. The predicted octanol–water partition coefficient (Wildman–Crippen LogP) is 3.49. The van der Waals surface area contributed by atoms with Gasteiger partial charge >= 0.3 is 0 Å². The average molecular weight is 365 g/mol. The van der Waals surface area contributed by atoms with E-state index >= 15 is 0 Å². The van der Waals surface area contributed by atoms with Gasteiger partial charge in [-0.25, -0.2) is 0 Å². The molecule has 136 valence electrons. The Bertz CT molecular complexity index is 1000. The molecule has 8 nitrogen and oxygen atoms in total. The fraction of sp³-hybridized carbons (Fsp3) is 0.158. The number of hydrogen-bond donors (Lipinski definition) is 1. The molecule has 0 bridgehead atoms. The summed E-state index contributed by atoms with van der Waals surface area (Å²) >= 11 is 0. The number of ether oxygens (including phenoxy) is 2. The fourth-order valence-electron chi connectivity index (χ4n) is 2.77. The van der Waals surface area contributed by atoms with Crippen LogP contribution in [0, 0.1) is 35.3 Å². The minimum atomic E-state index is -0.658. The van der Waals surface area contributed by atoms with E-state index in [0.717, 1.165) is 17.2 Å². The monoisotopic (exact) mass is 365 g/mol. The number of anilines is 1. The van der Waals surface area contributed by atoms with E-state index in [0.29, 0.717) is 11.4 Å². The Morgan fingerprint density at radius 3 is 2.41 bits per heavy atom. The van der Waals surface area contributed by atoms with Gasteiger partial charge in [-0.15, -0.1) is 0 Å². The van der Waals surface area contributed by atoms with Crippen LogP contribution < -0.4 is 14.8 Å². The van der Waals surface area contributed by atoms with Crippen LogP contribution in [0.4, 0.5) is 11.4 Å². The van der Waals surface area contributed by atoms with Gasteiger partial charge in [0, 0.05) is 5.69 Å². The third kappa shape index (κ3) is 3.88. The second kappa shape index (κ2) is 7.17. The van der Waals surface area contributed by atoms with E-state index in [1.165, 1.54) is 12.1 Å². The molecule has 2 aromatic carbocycles. The molecular formula is C19H15N3O5. The van der Waals surface area contributed by atoms with Crippen molar-refractivity contribution in [1.29, 1.82) is 5.26 Å². The van der Waals surface area contributed by atoms with Crippen molar-refractivity contribution in [2.24, 2.45) is 0 Å². The van der Waals surface area contributed by atoms with Gasteiger partial charge in [0.05, 0.1) is 16.6 Å². The molecule has 2 aromatic rings. The van der Waals surface area contributed by atoms with Crippen molar-refractivity contribution in [3.63, 3.8) is 0 Å². The lowest BCUT2D eigenvalue weighted by Gasteiger charge is -2.07. The van der Waals surface area contributed by atoms with E-state index < -0.39 is 10.8 Å². The van der Waals surface area contributed by atoms with Crippen LogP contribution in [0.2, 0.25) is 0 Å². The summed E-state index contributed by atoms with van der Waals surface area (Å²) in [6.07, 6.45) is 1.16. The van der Waals surface area contributed by atoms with E-state index in [1.54, 1.807) is 18.2 Å². The number of carbonyl (C=O) groups is 1. The first-order valence-electron chi connectivity index (χ1n) is 7.97. The highest BCUT2D eigenvalue weighted by atomic mass is 16.7. The zero-order valence-electron chi connectivity index (χ0n) is 14.6. The molecule has 1 amide bonds. The summed E-state index contributed by atoms with van der Waals surface area (Å²) in [5, 5.41) is 23.3.